The Morgan fingerprint density at radius 2 is 2.24 bits per heavy atom. The van der Waals surface area contributed by atoms with Crippen LogP contribution in [0, 0.1) is 0 Å². The van der Waals surface area contributed by atoms with Crippen molar-refractivity contribution in [3.63, 3.8) is 0 Å². The van der Waals surface area contributed by atoms with E-state index in [1.807, 2.05) is 42.8 Å². The Morgan fingerprint density at radius 1 is 1.48 bits per heavy atom. The van der Waals surface area contributed by atoms with E-state index in [2.05, 4.69) is 22.1 Å². The highest BCUT2D eigenvalue weighted by molar-refractivity contribution is 8.00. The molecule has 0 saturated carbocycles. The zero-order valence-electron chi connectivity index (χ0n) is 14.1. The summed E-state index contributed by atoms with van der Waals surface area (Å²) in [4.78, 5) is 12.0. The Bertz CT molecular complexity index is 777. The second kappa shape index (κ2) is 7.60. The molecule has 0 aliphatic carbocycles. The van der Waals surface area contributed by atoms with E-state index < -0.39 is 0 Å². The Labute approximate surface area is 150 Å². The van der Waals surface area contributed by atoms with Crippen molar-refractivity contribution in [2.75, 3.05) is 13.2 Å². The standard InChI is InChI=1S/C17H20N4O3S/c1-4-9-18-16(22)11(2)25-17-20-19-15(21(17)3)14-10-23-12-7-5-6-8-13(12)24-14/h4-8,11,14H,1,9-10H2,2-3H3,(H,18,22)/t11-,14+/m0/s1. The molecule has 0 fully saturated rings. The summed E-state index contributed by atoms with van der Waals surface area (Å²) in [5, 5.41) is 11.5. The predicted molar refractivity (Wildman–Crippen MR) is 94.8 cm³/mol. The molecule has 1 aromatic heterocycles. The van der Waals surface area contributed by atoms with Gasteiger partial charge >= 0.3 is 0 Å². The van der Waals surface area contributed by atoms with Crippen LogP contribution in [-0.2, 0) is 11.8 Å². The summed E-state index contributed by atoms with van der Waals surface area (Å²) in [6.07, 6.45) is 1.31. The molecule has 0 bridgehead atoms. The molecular formula is C17H20N4O3S. The topological polar surface area (TPSA) is 78.3 Å². The summed E-state index contributed by atoms with van der Waals surface area (Å²) in [6, 6.07) is 7.52. The van der Waals surface area contributed by atoms with Gasteiger partial charge in [0.1, 0.15) is 6.61 Å². The number of rotatable bonds is 6. The Morgan fingerprint density at radius 3 is 3.00 bits per heavy atom. The van der Waals surface area contributed by atoms with Gasteiger partial charge in [-0.05, 0) is 19.1 Å². The number of fused-ring (bicyclic) bond motifs is 1. The number of ether oxygens (including phenoxy) is 2. The van der Waals surface area contributed by atoms with E-state index in [-0.39, 0.29) is 17.3 Å². The predicted octanol–water partition coefficient (Wildman–Crippen LogP) is 2.11. The molecule has 1 aromatic carbocycles. The highest BCUT2D eigenvalue weighted by Crippen LogP contribution is 2.36. The lowest BCUT2D eigenvalue weighted by atomic mass is 10.2. The third-order valence-electron chi connectivity index (χ3n) is 3.74. The van der Waals surface area contributed by atoms with E-state index in [4.69, 9.17) is 9.47 Å². The summed E-state index contributed by atoms with van der Waals surface area (Å²) < 4.78 is 13.5. The summed E-state index contributed by atoms with van der Waals surface area (Å²) in [5.41, 5.74) is 0. The Hall–Kier alpha value is -2.48. The van der Waals surface area contributed by atoms with E-state index in [9.17, 15) is 4.79 Å². The normalized spacial score (nSPS) is 17.0. The lowest BCUT2D eigenvalue weighted by molar-refractivity contribution is -0.120. The first-order chi connectivity index (χ1) is 12.1. The number of thioether (sulfide) groups is 1. The second-order valence-electron chi connectivity index (χ2n) is 5.56. The largest absolute Gasteiger partial charge is 0.485 e. The smallest absolute Gasteiger partial charge is 0.233 e. The highest BCUT2D eigenvalue weighted by atomic mass is 32.2. The fourth-order valence-corrected chi connectivity index (χ4v) is 3.23. The number of nitrogens with one attached hydrogen (secondary N) is 1. The average molecular weight is 360 g/mol. The number of hydrogen-bond donors (Lipinski definition) is 1. The van der Waals surface area contributed by atoms with Gasteiger partial charge in [-0.2, -0.15) is 0 Å². The molecule has 1 amide bonds. The number of para-hydroxylation sites is 2. The van der Waals surface area contributed by atoms with E-state index in [0.29, 0.717) is 29.9 Å². The molecule has 2 atom stereocenters. The summed E-state index contributed by atoms with van der Waals surface area (Å²) >= 11 is 1.35. The zero-order chi connectivity index (χ0) is 17.8. The van der Waals surface area contributed by atoms with Crippen LogP contribution in [0.4, 0.5) is 0 Å². The number of nitrogens with zero attached hydrogens (tertiary/aromatic N) is 3. The van der Waals surface area contributed by atoms with Gasteiger partial charge in [0, 0.05) is 13.6 Å². The molecule has 1 N–H and O–H groups in total. The SMILES string of the molecule is C=CCNC(=O)[C@H](C)Sc1nnc([C@H]2COc3ccccc3O2)n1C. The van der Waals surface area contributed by atoms with Gasteiger partial charge in [0.15, 0.2) is 28.6 Å². The molecule has 0 spiro atoms. The van der Waals surface area contributed by atoms with Crippen LogP contribution in [0.5, 0.6) is 11.5 Å². The van der Waals surface area contributed by atoms with E-state index in [1.165, 1.54) is 11.8 Å². The molecule has 132 valence electrons. The van der Waals surface area contributed by atoms with Crippen LogP contribution in [0.25, 0.3) is 0 Å². The van der Waals surface area contributed by atoms with Crippen molar-refractivity contribution in [2.24, 2.45) is 7.05 Å². The van der Waals surface area contributed by atoms with Crippen molar-refractivity contribution < 1.29 is 14.3 Å². The molecule has 0 unspecified atom stereocenters. The number of amides is 1. The summed E-state index contributed by atoms with van der Waals surface area (Å²) in [5.74, 6) is 2.01. The first kappa shape index (κ1) is 17.3. The van der Waals surface area contributed by atoms with Crippen molar-refractivity contribution in [1.29, 1.82) is 0 Å². The van der Waals surface area contributed by atoms with Gasteiger partial charge in [0.25, 0.3) is 0 Å². The fourth-order valence-electron chi connectivity index (χ4n) is 2.38. The minimum absolute atomic E-state index is 0.0689. The van der Waals surface area contributed by atoms with E-state index in [1.54, 1.807) is 6.08 Å². The lowest BCUT2D eigenvalue weighted by Crippen LogP contribution is -2.31. The third kappa shape index (κ3) is 3.79. The minimum Gasteiger partial charge on any atom is -0.485 e. The van der Waals surface area contributed by atoms with Gasteiger partial charge in [0.05, 0.1) is 5.25 Å². The van der Waals surface area contributed by atoms with Crippen LogP contribution in [0.1, 0.15) is 18.9 Å². The maximum Gasteiger partial charge on any atom is 0.233 e. The summed E-state index contributed by atoms with van der Waals surface area (Å²) in [7, 11) is 1.86. The Balaban J connectivity index is 1.69. The number of aromatic nitrogens is 3. The number of carbonyl (C=O) groups is 1. The van der Waals surface area contributed by atoms with E-state index >= 15 is 0 Å². The maximum absolute atomic E-state index is 12.0. The van der Waals surface area contributed by atoms with Crippen LogP contribution >= 0.6 is 11.8 Å². The molecule has 3 rings (SSSR count). The van der Waals surface area contributed by atoms with Crippen molar-refractivity contribution in [2.45, 2.75) is 23.4 Å². The number of carbonyl (C=O) groups excluding carboxylic acids is 1. The first-order valence-corrected chi connectivity index (χ1v) is 8.81. The lowest BCUT2D eigenvalue weighted by Gasteiger charge is -2.25. The second-order valence-corrected chi connectivity index (χ2v) is 6.87. The minimum atomic E-state index is -0.341. The average Bonchev–Trinajstić information content (AvgIpc) is 2.99. The zero-order valence-corrected chi connectivity index (χ0v) is 15.0. The van der Waals surface area contributed by atoms with Crippen LogP contribution < -0.4 is 14.8 Å². The van der Waals surface area contributed by atoms with Crippen LogP contribution in [0.2, 0.25) is 0 Å². The maximum atomic E-state index is 12.0. The van der Waals surface area contributed by atoms with Crippen LogP contribution in [-0.4, -0.2) is 39.1 Å². The molecule has 2 aromatic rings. The monoisotopic (exact) mass is 360 g/mol. The molecular weight excluding hydrogens is 340 g/mol. The van der Waals surface area contributed by atoms with Gasteiger partial charge in [-0.3, -0.25) is 4.79 Å². The van der Waals surface area contributed by atoms with Gasteiger partial charge < -0.3 is 19.4 Å². The molecule has 25 heavy (non-hydrogen) atoms. The molecule has 8 heteroatoms. The molecule has 1 aliphatic heterocycles. The first-order valence-electron chi connectivity index (χ1n) is 7.93. The van der Waals surface area contributed by atoms with Gasteiger partial charge in [-0.15, -0.1) is 16.8 Å². The van der Waals surface area contributed by atoms with Gasteiger partial charge in [0.2, 0.25) is 5.91 Å². The highest BCUT2D eigenvalue weighted by Gasteiger charge is 2.28. The van der Waals surface area contributed by atoms with Crippen molar-refractivity contribution in [3.8, 4) is 11.5 Å². The summed E-state index contributed by atoms with van der Waals surface area (Å²) in [6.45, 7) is 6.22. The fraction of sp³-hybridized carbons (Fsp3) is 0.353. The molecule has 0 saturated heterocycles. The molecule has 0 radical (unpaired) electrons. The molecule has 7 nitrogen and oxygen atoms in total. The van der Waals surface area contributed by atoms with Crippen molar-refractivity contribution in [1.82, 2.24) is 20.1 Å². The number of benzene rings is 1. The Kier molecular flexibility index (Phi) is 5.28. The van der Waals surface area contributed by atoms with Crippen molar-refractivity contribution >= 4 is 17.7 Å². The molecule has 2 heterocycles. The number of hydrogen-bond acceptors (Lipinski definition) is 6. The third-order valence-corrected chi connectivity index (χ3v) is 4.87. The molecule has 1 aliphatic rings. The van der Waals surface area contributed by atoms with Crippen LogP contribution in [0.3, 0.4) is 0 Å². The quantitative estimate of drug-likeness (QED) is 0.628. The van der Waals surface area contributed by atoms with Crippen molar-refractivity contribution in [3.05, 3.63) is 42.7 Å². The van der Waals surface area contributed by atoms with Gasteiger partial charge in [-0.1, -0.05) is 30.0 Å². The van der Waals surface area contributed by atoms with Gasteiger partial charge in [-0.25, -0.2) is 0 Å². The van der Waals surface area contributed by atoms with Crippen LogP contribution in [0.15, 0.2) is 42.1 Å². The van der Waals surface area contributed by atoms with E-state index in [0.717, 1.165) is 5.75 Å².